The van der Waals surface area contributed by atoms with E-state index in [2.05, 4.69) is 23.4 Å². The van der Waals surface area contributed by atoms with E-state index < -0.39 is 10.8 Å². The molecule has 0 radical (unpaired) electrons. The summed E-state index contributed by atoms with van der Waals surface area (Å²) < 4.78 is 19.7. The molecular weight excluding hydrogens is 490 g/mol. The number of ether oxygens (including phenoxy) is 1. The minimum atomic E-state index is -1.06. The summed E-state index contributed by atoms with van der Waals surface area (Å²) in [4.78, 5) is 28.1. The Morgan fingerprint density at radius 2 is 1.89 bits per heavy atom. The van der Waals surface area contributed by atoms with Crippen LogP contribution in [0.2, 0.25) is 0 Å². The third kappa shape index (κ3) is 4.94. The Hall–Kier alpha value is -3.03. The largest absolute Gasteiger partial charge is 0.378 e. The molecule has 10 heteroatoms. The van der Waals surface area contributed by atoms with Gasteiger partial charge in [-0.2, -0.15) is 10.4 Å². The molecule has 2 amide bonds. The second kappa shape index (κ2) is 10.8. The van der Waals surface area contributed by atoms with E-state index in [1.54, 1.807) is 36.2 Å². The number of amides is 2. The molecule has 1 aromatic carbocycles. The van der Waals surface area contributed by atoms with E-state index in [-0.39, 0.29) is 27.0 Å². The number of nitrogens with one attached hydrogen (secondary N) is 1. The number of hydrogen-bond acceptors (Lipinski definition) is 6. The van der Waals surface area contributed by atoms with E-state index >= 15 is 0 Å². The molecule has 1 aliphatic carbocycles. The molecule has 9 nitrogen and oxygen atoms in total. The predicted octanol–water partition coefficient (Wildman–Crippen LogP) is 2.71. The van der Waals surface area contributed by atoms with Crippen LogP contribution in [0.25, 0.3) is 0 Å². The van der Waals surface area contributed by atoms with Crippen LogP contribution in [-0.4, -0.2) is 66.5 Å². The van der Waals surface area contributed by atoms with Crippen molar-refractivity contribution >= 4 is 22.6 Å². The predicted molar refractivity (Wildman–Crippen MR) is 140 cm³/mol. The molecule has 1 saturated carbocycles. The molecule has 1 aromatic heterocycles. The number of fused-ring (bicyclic) bond motifs is 1. The first-order chi connectivity index (χ1) is 17.8. The summed E-state index contributed by atoms with van der Waals surface area (Å²) in [5.41, 5.74) is 2.79. The second-order valence-corrected chi connectivity index (χ2v) is 12.0. The molecule has 2 fully saturated rings. The number of hydrogen-bond donors (Lipinski definition) is 1. The number of aromatic nitrogens is 2. The maximum atomic E-state index is 13.5. The van der Waals surface area contributed by atoms with E-state index in [4.69, 9.17) is 10.00 Å². The van der Waals surface area contributed by atoms with Crippen molar-refractivity contribution in [3.8, 4) is 6.07 Å². The maximum absolute atomic E-state index is 13.5. The fourth-order valence-electron chi connectivity index (χ4n) is 4.99. The van der Waals surface area contributed by atoms with Gasteiger partial charge < -0.3 is 15.0 Å². The number of nitriles is 1. The van der Waals surface area contributed by atoms with Gasteiger partial charge in [0.05, 0.1) is 34.3 Å². The lowest BCUT2D eigenvalue weighted by Crippen LogP contribution is -2.58. The molecule has 3 heterocycles. The van der Waals surface area contributed by atoms with Gasteiger partial charge in [0.1, 0.15) is 5.69 Å². The number of rotatable bonds is 8. The van der Waals surface area contributed by atoms with E-state index in [1.165, 1.54) is 4.68 Å². The number of benzene rings is 1. The molecule has 0 bridgehead atoms. The van der Waals surface area contributed by atoms with Gasteiger partial charge in [-0.1, -0.05) is 32.9 Å². The maximum Gasteiger partial charge on any atom is 0.272 e. The first kappa shape index (κ1) is 27.0. The zero-order chi connectivity index (χ0) is 26.8. The van der Waals surface area contributed by atoms with Crippen LogP contribution in [0.4, 0.5) is 0 Å². The van der Waals surface area contributed by atoms with Crippen molar-refractivity contribution in [1.82, 2.24) is 20.0 Å². The standard InChI is InChI=1S/C25H29N5O4S.C2H6/c1-3-24(15-34-16-24)35(33)25(9-10-25)14-30-11-8-19-20(28-29(2)21(19)23(30)32)22(31)27-13-18-6-4-17(12-26)5-7-18;1-2/h4-7H,3,8-11,13-16H2,1-2H3,(H,27,31);1-2H3. The summed E-state index contributed by atoms with van der Waals surface area (Å²) in [5, 5.41) is 16.2. The van der Waals surface area contributed by atoms with Crippen LogP contribution >= 0.6 is 0 Å². The SMILES string of the molecule is CC.CCC1(S(=O)C2(CN3CCc4c(C(=O)NCc5ccc(C#N)cc5)nn(C)c4C3=O)CC2)COC1. The monoisotopic (exact) mass is 525 g/mol. The number of nitrogens with zero attached hydrogens (tertiary/aromatic N) is 4. The van der Waals surface area contributed by atoms with Crippen LogP contribution in [0.15, 0.2) is 24.3 Å². The summed E-state index contributed by atoms with van der Waals surface area (Å²) >= 11 is 0. The average Bonchev–Trinajstić information content (AvgIpc) is 3.60. The van der Waals surface area contributed by atoms with Gasteiger partial charge in [0, 0.05) is 43.0 Å². The summed E-state index contributed by atoms with van der Waals surface area (Å²) in [6.07, 6.45) is 3.04. The molecule has 0 spiro atoms. The highest BCUT2D eigenvalue weighted by Gasteiger charge is 2.59. The van der Waals surface area contributed by atoms with Gasteiger partial charge in [-0.25, -0.2) is 0 Å². The molecule has 1 saturated heterocycles. The van der Waals surface area contributed by atoms with Crippen LogP contribution in [0.3, 0.4) is 0 Å². The van der Waals surface area contributed by atoms with Crippen molar-refractivity contribution in [2.24, 2.45) is 7.05 Å². The number of carbonyl (C=O) groups excluding carboxylic acids is 2. The second-order valence-electron chi connectivity index (χ2n) is 9.75. The van der Waals surface area contributed by atoms with Crippen molar-refractivity contribution in [1.29, 1.82) is 5.26 Å². The molecule has 198 valence electrons. The Bertz CT molecular complexity index is 1230. The molecule has 1 unspecified atom stereocenters. The van der Waals surface area contributed by atoms with Gasteiger partial charge in [-0.3, -0.25) is 18.5 Å². The Labute approximate surface area is 220 Å². The zero-order valence-corrected chi connectivity index (χ0v) is 22.8. The van der Waals surface area contributed by atoms with Crippen molar-refractivity contribution < 1.29 is 18.5 Å². The van der Waals surface area contributed by atoms with Crippen LogP contribution in [0.1, 0.15) is 77.7 Å². The third-order valence-corrected chi connectivity index (χ3v) is 10.1. The first-order valence-corrected chi connectivity index (χ1v) is 14.1. The van der Waals surface area contributed by atoms with Crippen LogP contribution < -0.4 is 5.32 Å². The van der Waals surface area contributed by atoms with Gasteiger partial charge in [0.2, 0.25) is 0 Å². The highest BCUT2D eigenvalue weighted by atomic mass is 32.2. The Kier molecular flexibility index (Phi) is 7.85. The minimum Gasteiger partial charge on any atom is -0.378 e. The fraction of sp³-hybridized carbons (Fsp3) is 0.556. The van der Waals surface area contributed by atoms with E-state index in [0.29, 0.717) is 56.1 Å². The lowest BCUT2D eigenvalue weighted by atomic mass is 10.0. The summed E-state index contributed by atoms with van der Waals surface area (Å²) in [6, 6.07) is 9.07. The summed E-state index contributed by atoms with van der Waals surface area (Å²) in [7, 11) is 0.617. The van der Waals surface area contributed by atoms with Crippen LogP contribution in [0.5, 0.6) is 0 Å². The molecule has 37 heavy (non-hydrogen) atoms. The van der Waals surface area contributed by atoms with E-state index in [9.17, 15) is 13.8 Å². The van der Waals surface area contributed by atoms with Gasteiger partial charge >= 0.3 is 0 Å². The molecule has 2 aromatic rings. The normalized spacial score (nSPS) is 19.4. The topological polar surface area (TPSA) is 117 Å². The van der Waals surface area contributed by atoms with Crippen LogP contribution in [0, 0.1) is 11.3 Å². The van der Waals surface area contributed by atoms with E-state index in [1.807, 2.05) is 13.8 Å². The Morgan fingerprint density at radius 3 is 2.43 bits per heavy atom. The van der Waals surface area contributed by atoms with E-state index in [0.717, 1.165) is 24.8 Å². The Balaban J connectivity index is 0.00000156. The van der Waals surface area contributed by atoms with Gasteiger partial charge in [0.25, 0.3) is 11.8 Å². The third-order valence-electron chi connectivity index (χ3n) is 7.47. The van der Waals surface area contributed by atoms with Gasteiger partial charge in [-0.15, -0.1) is 0 Å². The van der Waals surface area contributed by atoms with Crippen LogP contribution in [-0.2, 0) is 35.5 Å². The van der Waals surface area contributed by atoms with Crippen molar-refractivity contribution in [3.63, 3.8) is 0 Å². The van der Waals surface area contributed by atoms with Gasteiger partial charge in [-0.05, 0) is 43.4 Å². The molecule has 1 N–H and O–H groups in total. The number of aryl methyl sites for hydroxylation is 1. The lowest BCUT2D eigenvalue weighted by molar-refractivity contribution is -0.0132. The highest BCUT2D eigenvalue weighted by Crippen LogP contribution is 2.49. The smallest absolute Gasteiger partial charge is 0.272 e. The minimum absolute atomic E-state index is 0.161. The number of carbonyl (C=O) groups is 2. The zero-order valence-electron chi connectivity index (χ0n) is 22.0. The summed E-state index contributed by atoms with van der Waals surface area (Å²) in [5.74, 6) is -0.492. The molecule has 1 atom stereocenters. The quantitative estimate of drug-likeness (QED) is 0.566. The average molecular weight is 526 g/mol. The fourth-order valence-corrected chi connectivity index (χ4v) is 7.29. The van der Waals surface area contributed by atoms with Crippen molar-refractivity contribution in [3.05, 3.63) is 52.3 Å². The molecular formula is C27H35N5O4S. The summed E-state index contributed by atoms with van der Waals surface area (Å²) in [6.45, 7) is 8.34. The molecule has 5 rings (SSSR count). The van der Waals surface area contributed by atoms with Crippen molar-refractivity contribution in [2.75, 3.05) is 26.3 Å². The first-order valence-electron chi connectivity index (χ1n) is 12.9. The Morgan fingerprint density at radius 1 is 1.22 bits per heavy atom. The molecule has 3 aliphatic rings. The molecule has 2 aliphatic heterocycles. The van der Waals surface area contributed by atoms with Crippen molar-refractivity contribution in [2.45, 2.75) is 62.5 Å². The highest BCUT2D eigenvalue weighted by molar-refractivity contribution is 7.88. The lowest BCUT2D eigenvalue weighted by Gasteiger charge is -2.43. The van der Waals surface area contributed by atoms with Gasteiger partial charge in [0.15, 0.2) is 5.69 Å².